The highest BCUT2D eigenvalue weighted by molar-refractivity contribution is 5.92. The van der Waals surface area contributed by atoms with Crippen LogP contribution in [0.1, 0.15) is 48.4 Å². The number of hydrogen-bond donors (Lipinski definition) is 1. The van der Waals surface area contributed by atoms with E-state index in [0.29, 0.717) is 24.7 Å². The van der Waals surface area contributed by atoms with Gasteiger partial charge in [0.05, 0.1) is 0 Å². The maximum atomic E-state index is 12.8. The number of carbonyl (C=O) groups excluding carboxylic acids is 2. The van der Waals surface area contributed by atoms with Crippen LogP contribution in [0.5, 0.6) is 0 Å². The Bertz CT molecular complexity index is 656. The summed E-state index contributed by atoms with van der Waals surface area (Å²) in [5.41, 5.74) is 0.529. The van der Waals surface area contributed by atoms with Gasteiger partial charge in [-0.1, -0.05) is 12.8 Å². The molecule has 2 amide bonds. The van der Waals surface area contributed by atoms with E-state index in [0.717, 1.165) is 51.3 Å². The molecule has 1 atom stereocenters. The Kier molecular flexibility index (Phi) is 4.98. The van der Waals surface area contributed by atoms with Crippen LogP contribution in [0.15, 0.2) is 6.20 Å². The molecule has 3 heterocycles. The van der Waals surface area contributed by atoms with Gasteiger partial charge in [0.1, 0.15) is 11.5 Å². The molecule has 142 valence electrons. The van der Waals surface area contributed by atoms with Gasteiger partial charge in [-0.25, -0.2) is 4.98 Å². The van der Waals surface area contributed by atoms with Gasteiger partial charge in [-0.05, 0) is 12.8 Å². The van der Waals surface area contributed by atoms with E-state index >= 15 is 0 Å². The molecule has 3 aliphatic rings. The molecule has 0 spiro atoms. The average Bonchev–Trinajstić information content (AvgIpc) is 3.32. The Morgan fingerprint density at radius 3 is 2.96 bits per heavy atom. The maximum absolute atomic E-state index is 12.8. The molecule has 0 bridgehead atoms. The first-order valence-corrected chi connectivity index (χ1v) is 9.93. The van der Waals surface area contributed by atoms with E-state index < -0.39 is 0 Å². The lowest BCUT2D eigenvalue weighted by molar-refractivity contribution is -0.129. The van der Waals surface area contributed by atoms with Gasteiger partial charge in [-0.15, -0.1) is 0 Å². The minimum atomic E-state index is -0.0368. The lowest BCUT2D eigenvalue weighted by Gasteiger charge is -2.25. The number of imidazole rings is 1. The van der Waals surface area contributed by atoms with Gasteiger partial charge in [-0.3, -0.25) is 9.59 Å². The number of amides is 2. The molecular weight excluding hydrogens is 330 g/mol. The number of carbonyl (C=O) groups is 2. The van der Waals surface area contributed by atoms with Crippen LogP contribution >= 0.6 is 0 Å². The summed E-state index contributed by atoms with van der Waals surface area (Å²) >= 11 is 0. The molecule has 1 saturated heterocycles. The molecule has 1 aliphatic carbocycles. The second-order valence-corrected chi connectivity index (χ2v) is 7.98. The van der Waals surface area contributed by atoms with Crippen molar-refractivity contribution in [3.05, 3.63) is 17.7 Å². The summed E-state index contributed by atoms with van der Waals surface area (Å²) in [5.74, 6) is 1.45. The number of nitrogens with one attached hydrogen (secondary N) is 1. The van der Waals surface area contributed by atoms with E-state index in [2.05, 4.69) is 19.8 Å². The first-order valence-electron chi connectivity index (χ1n) is 9.93. The topological polar surface area (TPSA) is 70.5 Å². The summed E-state index contributed by atoms with van der Waals surface area (Å²) in [5, 5.41) is 3.34. The maximum Gasteiger partial charge on any atom is 0.273 e. The minimum absolute atomic E-state index is 0.0368. The van der Waals surface area contributed by atoms with Gasteiger partial charge in [0.15, 0.2) is 0 Å². The molecule has 26 heavy (non-hydrogen) atoms. The molecule has 1 saturated carbocycles. The van der Waals surface area contributed by atoms with E-state index in [1.165, 1.54) is 12.8 Å². The largest absolute Gasteiger partial charge is 0.340 e. The molecule has 2 fully saturated rings. The lowest BCUT2D eigenvalue weighted by Crippen LogP contribution is -2.36. The fraction of sp³-hybridized carbons (Fsp3) is 0.737. The van der Waals surface area contributed by atoms with Crippen LogP contribution < -0.4 is 5.32 Å². The van der Waals surface area contributed by atoms with Crippen molar-refractivity contribution in [3.8, 4) is 0 Å². The number of fused-ring (bicyclic) bond motifs is 1. The monoisotopic (exact) mass is 359 g/mol. The third kappa shape index (κ3) is 3.49. The number of aromatic nitrogens is 2. The van der Waals surface area contributed by atoms with Gasteiger partial charge in [0.2, 0.25) is 5.91 Å². The normalized spacial score (nSPS) is 24.0. The highest BCUT2D eigenvalue weighted by Gasteiger charge is 2.36. The van der Waals surface area contributed by atoms with Gasteiger partial charge in [0.25, 0.3) is 5.91 Å². The zero-order chi connectivity index (χ0) is 18.1. The van der Waals surface area contributed by atoms with Crippen molar-refractivity contribution in [3.63, 3.8) is 0 Å². The first kappa shape index (κ1) is 17.5. The number of hydrogen-bond acceptors (Lipinski definition) is 4. The smallest absolute Gasteiger partial charge is 0.273 e. The van der Waals surface area contributed by atoms with Crippen molar-refractivity contribution in [2.75, 3.05) is 33.2 Å². The van der Waals surface area contributed by atoms with E-state index in [-0.39, 0.29) is 17.7 Å². The highest BCUT2D eigenvalue weighted by Crippen LogP contribution is 2.29. The van der Waals surface area contributed by atoms with Crippen molar-refractivity contribution < 1.29 is 9.59 Å². The van der Waals surface area contributed by atoms with Crippen LogP contribution in [0.3, 0.4) is 0 Å². The molecule has 0 aromatic carbocycles. The summed E-state index contributed by atoms with van der Waals surface area (Å²) in [4.78, 5) is 33.5. The number of likely N-dealkylation sites (tertiary alicyclic amines) is 1. The fourth-order valence-electron chi connectivity index (χ4n) is 4.64. The fourth-order valence-corrected chi connectivity index (χ4v) is 4.64. The second-order valence-electron chi connectivity index (χ2n) is 7.98. The van der Waals surface area contributed by atoms with Gasteiger partial charge >= 0.3 is 0 Å². The molecule has 1 aromatic heterocycles. The third-order valence-corrected chi connectivity index (χ3v) is 6.02. The molecule has 7 heteroatoms. The van der Waals surface area contributed by atoms with Crippen molar-refractivity contribution in [1.29, 1.82) is 0 Å². The van der Waals surface area contributed by atoms with Crippen LogP contribution in [0.25, 0.3) is 0 Å². The van der Waals surface area contributed by atoms with Crippen LogP contribution in [0.4, 0.5) is 0 Å². The van der Waals surface area contributed by atoms with E-state index in [1.807, 2.05) is 13.2 Å². The summed E-state index contributed by atoms with van der Waals surface area (Å²) in [6.45, 7) is 4.09. The molecule has 1 aromatic rings. The quantitative estimate of drug-likeness (QED) is 0.867. The van der Waals surface area contributed by atoms with Gasteiger partial charge in [-0.2, -0.15) is 0 Å². The number of rotatable bonds is 4. The molecule has 2 aliphatic heterocycles. The first-order chi connectivity index (χ1) is 12.6. The van der Waals surface area contributed by atoms with Crippen LogP contribution in [0, 0.1) is 5.92 Å². The third-order valence-electron chi connectivity index (χ3n) is 6.02. The predicted molar refractivity (Wildman–Crippen MR) is 97.8 cm³/mol. The van der Waals surface area contributed by atoms with Gasteiger partial charge < -0.3 is 19.7 Å². The van der Waals surface area contributed by atoms with E-state index in [4.69, 9.17) is 0 Å². The van der Waals surface area contributed by atoms with Crippen molar-refractivity contribution in [1.82, 2.24) is 24.7 Å². The molecule has 0 radical (unpaired) electrons. The summed E-state index contributed by atoms with van der Waals surface area (Å²) < 4.78 is 2.09. The van der Waals surface area contributed by atoms with Crippen LogP contribution in [0.2, 0.25) is 0 Å². The van der Waals surface area contributed by atoms with Gasteiger partial charge in [0, 0.05) is 70.8 Å². The Morgan fingerprint density at radius 2 is 2.15 bits per heavy atom. The standard InChI is InChI=1S/C19H29N5O2/c1-22(11-14-10-18(25)24(12-14)15-4-2-3-5-15)19(26)16-13-23-9-8-20-7-6-17(23)21-16/h13-15,20H,2-12H2,1H3. The Hall–Kier alpha value is -1.89. The molecular formula is C19H29N5O2. The highest BCUT2D eigenvalue weighted by atomic mass is 16.2. The summed E-state index contributed by atoms with van der Waals surface area (Å²) in [7, 11) is 1.83. The van der Waals surface area contributed by atoms with Crippen LogP contribution in [-0.4, -0.2) is 70.4 Å². The predicted octanol–water partition coefficient (Wildman–Crippen LogP) is 0.892. The Balaban J connectivity index is 1.36. The zero-order valence-electron chi connectivity index (χ0n) is 15.6. The van der Waals surface area contributed by atoms with Crippen LogP contribution in [-0.2, 0) is 17.8 Å². The summed E-state index contributed by atoms with van der Waals surface area (Å²) in [6.07, 6.45) is 8.05. The van der Waals surface area contributed by atoms with E-state index in [9.17, 15) is 9.59 Å². The Morgan fingerprint density at radius 1 is 1.35 bits per heavy atom. The number of nitrogens with zero attached hydrogens (tertiary/aromatic N) is 4. The zero-order valence-corrected chi connectivity index (χ0v) is 15.6. The molecule has 7 nitrogen and oxygen atoms in total. The average molecular weight is 359 g/mol. The van der Waals surface area contributed by atoms with E-state index in [1.54, 1.807) is 4.90 Å². The second kappa shape index (κ2) is 7.39. The molecule has 1 unspecified atom stereocenters. The Labute approximate surface area is 154 Å². The lowest BCUT2D eigenvalue weighted by atomic mass is 10.1. The molecule has 4 rings (SSSR count). The minimum Gasteiger partial charge on any atom is -0.340 e. The summed E-state index contributed by atoms with van der Waals surface area (Å²) in [6, 6.07) is 0.436. The van der Waals surface area contributed by atoms with Crippen molar-refractivity contribution >= 4 is 11.8 Å². The van der Waals surface area contributed by atoms with Crippen molar-refractivity contribution in [2.45, 2.75) is 51.1 Å². The molecule has 1 N–H and O–H groups in total. The SMILES string of the molecule is CN(CC1CC(=O)N(C2CCCC2)C1)C(=O)c1cn2c(n1)CCNCC2. The van der Waals surface area contributed by atoms with Crippen molar-refractivity contribution in [2.24, 2.45) is 5.92 Å².